The Hall–Kier alpha value is -1.89. The monoisotopic (exact) mass is 372 g/mol. The number of benzene rings is 1. The summed E-state index contributed by atoms with van der Waals surface area (Å²) in [5.41, 5.74) is 0.133. The van der Waals surface area contributed by atoms with Crippen LogP contribution in [0.1, 0.15) is 47.4 Å². The molecule has 6 nitrogen and oxygen atoms in total. The minimum Gasteiger partial charge on any atom is -0.465 e. The Labute approximate surface area is 136 Å². The number of ether oxygens (including phenoxy) is 3. The number of hydrogen-bond acceptors (Lipinski definition) is 6. The van der Waals surface area contributed by atoms with Gasteiger partial charge in [0.05, 0.1) is 23.8 Å². The van der Waals surface area contributed by atoms with Gasteiger partial charge in [-0.05, 0) is 34.5 Å². The van der Waals surface area contributed by atoms with Gasteiger partial charge >= 0.3 is 17.9 Å². The van der Waals surface area contributed by atoms with Crippen molar-refractivity contribution in [3.05, 3.63) is 27.7 Å². The quantitative estimate of drug-likeness (QED) is 0.433. The van der Waals surface area contributed by atoms with Crippen LogP contribution in [0, 0.1) is 0 Å². The molecule has 120 valence electrons. The predicted molar refractivity (Wildman–Crippen MR) is 82.0 cm³/mol. The second-order valence-electron chi connectivity index (χ2n) is 4.41. The molecule has 1 rings (SSSR count). The Kier molecular flexibility index (Phi) is 7.04. The third kappa shape index (κ3) is 4.84. The SMILES string of the molecule is CCCCOC(=O)c1cc(C(=O)OC)cc(Br)c1OC(C)=O. The van der Waals surface area contributed by atoms with Gasteiger partial charge in [0, 0.05) is 6.92 Å². The number of carbonyl (C=O) groups excluding carboxylic acids is 3. The molecule has 0 heterocycles. The fourth-order valence-corrected chi connectivity index (χ4v) is 2.16. The van der Waals surface area contributed by atoms with Gasteiger partial charge in [-0.3, -0.25) is 4.79 Å². The van der Waals surface area contributed by atoms with Gasteiger partial charge in [-0.2, -0.15) is 0 Å². The maximum atomic E-state index is 12.2. The molecular formula is C15H17BrO6. The summed E-state index contributed by atoms with van der Waals surface area (Å²) in [6.07, 6.45) is 1.59. The molecule has 7 heteroatoms. The lowest BCUT2D eigenvalue weighted by molar-refractivity contribution is -0.131. The van der Waals surface area contributed by atoms with Gasteiger partial charge < -0.3 is 14.2 Å². The van der Waals surface area contributed by atoms with Crippen LogP contribution in [0.4, 0.5) is 0 Å². The van der Waals surface area contributed by atoms with Crippen LogP contribution in [-0.2, 0) is 14.3 Å². The Morgan fingerprint density at radius 3 is 2.41 bits per heavy atom. The van der Waals surface area contributed by atoms with Crippen molar-refractivity contribution in [3.8, 4) is 5.75 Å². The van der Waals surface area contributed by atoms with Gasteiger partial charge in [0.2, 0.25) is 0 Å². The second-order valence-corrected chi connectivity index (χ2v) is 5.26. The van der Waals surface area contributed by atoms with Crippen molar-refractivity contribution in [1.82, 2.24) is 0 Å². The first kappa shape index (κ1) is 18.2. The largest absolute Gasteiger partial charge is 0.465 e. The van der Waals surface area contributed by atoms with E-state index in [-0.39, 0.29) is 28.0 Å². The third-order valence-corrected chi connectivity index (χ3v) is 3.25. The van der Waals surface area contributed by atoms with E-state index in [1.807, 2.05) is 6.92 Å². The molecule has 0 atom stereocenters. The second kappa shape index (κ2) is 8.53. The van der Waals surface area contributed by atoms with E-state index in [0.29, 0.717) is 6.42 Å². The Morgan fingerprint density at radius 2 is 1.86 bits per heavy atom. The average molecular weight is 373 g/mol. The van der Waals surface area contributed by atoms with E-state index >= 15 is 0 Å². The Bertz CT molecular complexity index is 582. The molecule has 22 heavy (non-hydrogen) atoms. The van der Waals surface area contributed by atoms with Crippen molar-refractivity contribution in [1.29, 1.82) is 0 Å². The molecule has 0 spiro atoms. The first-order valence-corrected chi connectivity index (χ1v) is 7.47. The van der Waals surface area contributed by atoms with Gasteiger partial charge in [0.25, 0.3) is 0 Å². The summed E-state index contributed by atoms with van der Waals surface area (Å²) >= 11 is 3.18. The summed E-state index contributed by atoms with van der Waals surface area (Å²) in [5.74, 6) is -1.86. The molecule has 1 aromatic rings. The van der Waals surface area contributed by atoms with Crippen LogP contribution in [0.5, 0.6) is 5.75 Å². The third-order valence-electron chi connectivity index (χ3n) is 2.66. The van der Waals surface area contributed by atoms with E-state index in [4.69, 9.17) is 9.47 Å². The first-order valence-electron chi connectivity index (χ1n) is 6.68. The molecule has 0 aliphatic heterocycles. The lowest BCUT2D eigenvalue weighted by Gasteiger charge is -2.12. The molecule has 0 aromatic heterocycles. The highest BCUT2D eigenvalue weighted by atomic mass is 79.9. The van der Waals surface area contributed by atoms with Crippen LogP contribution in [0.3, 0.4) is 0 Å². The molecule has 0 aliphatic rings. The predicted octanol–water partition coefficient (Wildman–Crippen LogP) is 3.12. The van der Waals surface area contributed by atoms with E-state index in [9.17, 15) is 14.4 Å². The number of unbranched alkanes of at least 4 members (excludes halogenated alkanes) is 1. The smallest absolute Gasteiger partial charge is 0.342 e. The Balaban J connectivity index is 3.22. The first-order chi connectivity index (χ1) is 10.4. The molecule has 0 N–H and O–H groups in total. The summed E-state index contributed by atoms with van der Waals surface area (Å²) in [7, 11) is 1.23. The molecule has 1 aromatic carbocycles. The zero-order valence-corrected chi connectivity index (χ0v) is 14.2. The molecule has 0 amide bonds. The van der Waals surface area contributed by atoms with E-state index in [0.717, 1.165) is 6.42 Å². The zero-order chi connectivity index (χ0) is 16.7. The van der Waals surface area contributed by atoms with Crippen LogP contribution < -0.4 is 4.74 Å². The van der Waals surface area contributed by atoms with Gasteiger partial charge in [-0.25, -0.2) is 9.59 Å². The number of halogens is 1. The molecule has 0 bridgehead atoms. The van der Waals surface area contributed by atoms with Crippen LogP contribution in [-0.4, -0.2) is 31.6 Å². The molecule has 0 saturated heterocycles. The minimum absolute atomic E-state index is 0.0129. The highest BCUT2D eigenvalue weighted by molar-refractivity contribution is 9.10. The van der Waals surface area contributed by atoms with Gasteiger partial charge in [0.1, 0.15) is 5.56 Å². The van der Waals surface area contributed by atoms with E-state index in [1.54, 1.807) is 0 Å². The maximum Gasteiger partial charge on any atom is 0.342 e. The number of carbonyl (C=O) groups is 3. The molecule has 0 saturated carbocycles. The lowest BCUT2D eigenvalue weighted by Crippen LogP contribution is -2.13. The Morgan fingerprint density at radius 1 is 1.18 bits per heavy atom. The average Bonchev–Trinajstić information content (AvgIpc) is 2.47. The maximum absolute atomic E-state index is 12.2. The summed E-state index contributed by atoms with van der Waals surface area (Å²) in [4.78, 5) is 35.0. The fourth-order valence-electron chi connectivity index (χ4n) is 1.62. The van der Waals surface area contributed by atoms with Crippen molar-refractivity contribution in [2.24, 2.45) is 0 Å². The van der Waals surface area contributed by atoms with Crippen LogP contribution >= 0.6 is 15.9 Å². The highest BCUT2D eigenvalue weighted by Gasteiger charge is 2.22. The van der Waals surface area contributed by atoms with E-state index < -0.39 is 17.9 Å². The lowest BCUT2D eigenvalue weighted by atomic mass is 10.1. The summed E-state index contributed by atoms with van der Waals surface area (Å²) in [5, 5.41) is 0. The van der Waals surface area contributed by atoms with Crippen molar-refractivity contribution < 1.29 is 28.6 Å². The van der Waals surface area contributed by atoms with Crippen molar-refractivity contribution in [2.75, 3.05) is 13.7 Å². The van der Waals surface area contributed by atoms with Crippen molar-refractivity contribution in [3.63, 3.8) is 0 Å². The molecule has 0 aliphatic carbocycles. The number of hydrogen-bond donors (Lipinski definition) is 0. The van der Waals surface area contributed by atoms with Gasteiger partial charge in [-0.1, -0.05) is 13.3 Å². The fraction of sp³-hybridized carbons (Fsp3) is 0.400. The summed E-state index contributed by atoms with van der Waals surface area (Å²) in [6, 6.07) is 2.69. The minimum atomic E-state index is -0.670. The topological polar surface area (TPSA) is 78.9 Å². The number of methoxy groups -OCH3 is 1. The molecule has 0 radical (unpaired) electrons. The van der Waals surface area contributed by atoms with Crippen LogP contribution in [0.2, 0.25) is 0 Å². The summed E-state index contributed by atoms with van der Waals surface area (Å²) < 4.78 is 15.1. The van der Waals surface area contributed by atoms with Crippen LogP contribution in [0.25, 0.3) is 0 Å². The van der Waals surface area contributed by atoms with Crippen molar-refractivity contribution >= 4 is 33.8 Å². The molecule has 0 unspecified atom stereocenters. The van der Waals surface area contributed by atoms with Crippen LogP contribution in [0.15, 0.2) is 16.6 Å². The van der Waals surface area contributed by atoms with Gasteiger partial charge in [0.15, 0.2) is 5.75 Å². The van der Waals surface area contributed by atoms with E-state index in [2.05, 4.69) is 20.7 Å². The number of esters is 3. The number of rotatable bonds is 6. The van der Waals surface area contributed by atoms with E-state index in [1.165, 1.54) is 26.2 Å². The highest BCUT2D eigenvalue weighted by Crippen LogP contribution is 2.32. The van der Waals surface area contributed by atoms with Gasteiger partial charge in [-0.15, -0.1) is 0 Å². The van der Waals surface area contributed by atoms with Crippen molar-refractivity contribution in [2.45, 2.75) is 26.7 Å². The zero-order valence-electron chi connectivity index (χ0n) is 12.6. The molecular weight excluding hydrogens is 356 g/mol. The standard InChI is InChI=1S/C15H17BrO6/c1-4-5-6-21-15(19)11-7-10(14(18)20-3)8-12(16)13(11)22-9(2)17/h7-8H,4-6H2,1-3H3. The normalized spacial score (nSPS) is 10.0. The summed E-state index contributed by atoms with van der Waals surface area (Å²) in [6.45, 7) is 3.42. The molecule has 0 fully saturated rings.